The number of hydrogen-bond donors (Lipinski definition) is 1. The van der Waals surface area contributed by atoms with Crippen molar-refractivity contribution in [1.82, 2.24) is 4.98 Å². The fourth-order valence-corrected chi connectivity index (χ4v) is 2.58. The number of hydrogen-bond acceptors (Lipinski definition) is 2. The Kier molecular flexibility index (Phi) is 3.06. The molecule has 0 saturated heterocycles. The molecule has 2 N–H and O–H groups in total. The molecule has 2 heteroatoms. The molecule has 0 aliphatic heterocycles. The van der Waals surface area contributed by atoms with Gasteiger partial charge in [-0.1, -0.05) is 19.8 Å². The molecule has 1 aromatic rings. The van der Waals surface area contributed by atoms with Crippen molar-refractivity contribution >= 4 is 0 Å². The molecular formula is C13H20N2. The lowest BCUT2D eigenvalue weighted by atomic mass is 9.71. The molecule has 0 aromatic carbocycles. The van der Waals surface area contributed by atoms with Crippen LogP contribution in [0.1, 0.15) is 38.2 Å². The fourth-order valence-electron chi connectivity index (χ4n) is 2.58. The number of nitrogens with zero attached hydrogens (tertiary/aromatic N) is 1. The summed E-state index contributed by atoms with van der Waals surface area (Å²) < 4.78 is 0. The second-order valence-corrected chi connectivity index (χ2v) is 4.91. The number of rotatable bonds is 2. The van der Waals surface area contributed by atoms with Crippen molar-refractivity contribution in [1.29, 1.82) is 0 Å². The van der Waals surface area contributed by atoms with Gasteiger partial charge in [0.25, 0.3) is 0 Å². The standard InChI is InChI=1S/C13H20N2/c1-11-4-2-3-7-13(11,14)10-12-5-8-15-9-6-12/h5-6,8-9,11H,2-4,7,10,14H2,1H3. The maximum Gasteiger partial charge on any atom is 0.0270 e. The summed E-state index contributed by atoms with van der Waals surface area (Å²) in [6.07, 6.45) is 9.77. The van der Waals surface area contributed by atoms with Crippen LogP contribution in [0, 0.1) is 5.92 Å². The van der Waals surface area contributed by atoms with Gasteiger partial charge in [0.05, 0.1) is 0 Å². The normalized spacial score (nSPS) is 31.5. The van der Waals surface area contributed by atoms with Crippen LogP contribution in [0.3, 0.4) is 0 Å². The topological polar surface area (TPSA) is 38.9 Å². The average Bonchev–Trinajstić information content (AvgIpc) is 2.24. The van der Waals surface area contributed by atoms with Gasteiger partial charge in [0, 0.05) is 17.9 Å². The molecule has 15 heavy (non-hydrogen) atoms. The van der Waals surface area contributed by atoms with Crippen LogP contribution in [0.15, 0.2) is 24.5 Å². The lowest BCUT2D eigenvalue weighted by molar-refractivity contribution is 0.204. The number of pyridine rings is 1. The minimum absolute atomic E-state index is 0.0135. The van der Waals surface area contributed by atoms with Gasteiger partial charge in [-0.15, -0.1) is 0 Å². The summed E-state index contributed by atoms with van der Waals surface area (Å²) >= 11 is 0. The third kappa shape index (κ3) is 2.37. The second-order valence-electron chi connectivity index (χ2n) is 4.91. The van der Waals surface area contributed by atoms with Crippen LogP contribution in [0.2, 0.25) is 0 Å². The zero-order valence-electron chi connectivity index (χ0n) is 9.45. The Balaban J connectivity index is 2.09. The Morgan fingerprint density at radius 3 is 2.80 bits per heavy atom. The van der Waals surface area contributed by atoms with Crippen molar-refractivity contribution in [3.63, 3.8) is 0 Å². The minimum Gasteiger partial charge on any atom is -0.325 e. The van der Waals surface area contributed by atoms with E-state index < -0.39 is 0 Å². The van der Waals surface area contributed by atoms with Crippen LogP contribution in [-0.2, 0) is 6.42 Å². The van der Waals surface area contributed by atoms with Gasteiger partial charge in [-0.2, -0.15) is 0 Å². The van der Waals surface area contributed by atoms with Crippen LogP contribution < -0.4 is 5.73 Å². The van der Waals surface area contributed by atoms with Crippen LogP contribution in [0.5, 0.6) is 0 Å². The van der Waals surface area contributed by atoms with Crippen molar-refractivity contribution in [2.45, 2.75) is 44.6 Å². The van der Waals surface area contributed by atoms with Crippen LogP contribution in [-0.4, -0.2) is 10.5 Å². The van der Waals surface area contributed by atoms with Crippen molar-refractivity contribution < 1.29 is 0 Å². The van der Waals surface area contributed by atoms with Gasteiger partial charge < -0.3 is 5.73 Å². The van der Waals surface area contributed by atoms with Gasteiger partial charge >= 0.3 is 0 Å². The Bertz CT molecular complexity index is 310. The smallest absolute Gasteiger partial charge is 0.0270 e. The van der Waals surface area contributed by atoms with Gasteiger partial charge in [0.1, 0.15) is 0 Å². The summed E-state index contributed by atoms with van der Waals surface area (Å²) in [5.74, 6) is 0.638. The lowest BCUT2D eigenvalue weighted by Gasteiger charge is -2.39. The third-order valence-corrected chi connectivity index (χ3v) is 3.79. The monoisotopic (exact) mass is 204 g/mol. The molecule has 1 aliphatic rings. The minimum atomic E-state index is 0.0135. The molecule has 1 aromatic heterocycles. The van der Waals surface area contributed by atoms with Gasteiger partial charge in [-0.25, -0.2) is 0 Å². The molecule has 1 saturated carbocycles. The first kappa shape index (κ1) is 10.6. The highest BCUT2D eigenvalue weighted by atomic mass is 14.8. The fraction of sp³-hybridized carbons (Fsp3) is 0.615. The predicted octanol–water partition coefficient (Wildman–Crippen LogP) is 2.53. The van der Waals surface area contributed by atoms with Crippen LogP contribution in [0.4, 0.5) is 0 Å². The zero-order chi connectivity index (χ0) is 10.7. The summed E-state index contributed by atoms with van der Waals surface area (Å²) in [5.41, 5.74) is 7.85. The summed E-state index contributed by atoms with van der Waals surface area (Å²) in [4.78, 5) is 4.04. The first-order valence-electron chi connectivity index (χ1n) is 5.88. The summed E-state index contributed by atoms with van der Waals surface area (Å²) in [6.45, 7) is 2.29. The summed E-state index contributed by atoms with van der Waals surface area (Å²) in [7, 11) is 0. The van der Waals surface area contributed by atoms with E-state index in [0.717, 1.165) is 12.8 Å². The summed E-state index contributed by atoms with van der Waals surface area (Å²) in [6, 6.07) is 4.16. The molecule has 2 atom stereocenters. The molecule has 0 bridgehead atoms. The highest BCUT2D eigenvalue weighted by Gasteiger charge is 2.33. The Morgan fingerprint density at radius 1 is 1.40 bits per heavy atom. The zero-order valence-corrected chi connectivity index (χ0v) is 9.45. The van der Waals surface area contributed by atoms with E-state index in [1.165, 1.54) is 24.8 Å². The van der Waals surface area contributed by atoms with Crippen molar-refractivity contribution in [2.75, 3.05) is 0 Å². The van der Waals surface area contributed by atoms with Gasteiger partial charge in [0.2, 0.25) is 0 Å². The van der Waals surface area contributed by atoms with Crippen molar-refractivity contribution in [3.05, 3.63) is 30.1 Å². The predicted molar refractivity (Wildman–Crippen MR) is 62.5 cm³/mol. The highest BCUT2D eigenvalue weighted by Crippen LogP contribution is 2.33. The first-order chi connectivity index (χ1) is 7.21. The molecule has 2 nitrogen and oxygen atoms in total. The Morgan fingerprint density at radius 2 is 2.13 bits per heavy atom. The largest absolute Gasteiger partial charge is 0.325 e. The maximum atomic E-state index is 6.51. The van der Waals surface area contributed by atoms with Crippen LogP contribution >= 0.6 is 0 Å². The van der Waals surface area contributed by atoms with E-state index in [4.69, 9.17) is 5.73 Å². The van der Waals surface area contributed by atoms with Gasteiger partial charge in [-0.05, 0) is 42.9 Å². The maximum absolute atomic E-state index is 6.51. The summed E-state index contributed by atoms with van der Waals surface area (Å²) in [5, 5.41) is 0. The molecule has 2 rings (SSSR count). The molecular weight excluding hydrogens is 184 g/mol. The molecule has 2 unspecified atom stereocenters. The highest BCUT2D eigenvalue weighted by molar-refractivity contribution is 5.15. The molecule has 1 aliphatic carbocycles. The molecule has 0 amide bonds. The molecule has 0 radical (unpaired) electrons. The Labute approximate surface area is 91.9 Å². The van der Waals surface area contributed by atoms with E-state index in [0.29, 0.717) is 5.92 Å². The molecule has 0 spiro atoms. The van der Waals surface area contributed by atoms with E-state index in [1.54, 1.807) is 0 Å². The van der Waals surface area contributed by atoms with Crippen molar-refractivity contribution in [2.24, 2.45) is 11.7 Å². The molecule has 1 fully saturated rings. The Hall–Kier alpha value is -0.890. The van der Waals surface area contributed by atoms with Crippen molar-refractivity contribution in [3.8, 4) is 0 Å². The number of aromatic nitrogens is 1. The molecule has 82 valence electrons. The van der Waals surface area contributed by atoms with E-state index >= 15 is 0 Å². The van der Waals surface area contributed by atoms with E-state index in [-0.39, 0.29) is 5.54 Å². The van der Waals surface area contributed by atoms with Gasteiger partial charge in [0.15, 0.2) is 0 Å². The SMILES string of the molecule is CC1CCCCC1(N)Cc1ccncc1. The van der Waals surface area contributed by atoms with E-state index in [2.05, 4.69) is 24.0 Å². The average molecular weight is 204 g/mol. The van der Waals surface area contributed by atoms with E-state index in [9.17, 15) is 0 Å². The van der Waals surface area contributed by atoms with E-state index in [1.807, 2.05) is 12.4 Å². The second kappa shape index (κ2) is 4.31. The molecule has 1 heterocycles. The lowest BCUT2D eigenvalue weighted by Crippen LogP contribution is -2.49. The quantitative estimate of drug-likeness (QED) is 0.804. The number of nitrogens with two attached hydrogens (primary N) is 1. The van der Waals surface area contributed by atoms with Crippen LogP contribution in [0.25, 0.3) is 0 Å². The first-order valence-corrected chi connectivity index (χ1v) is 5.88. The van der Waals surface area contributed by atoms with Gasteiger partial charge in [-0.3, -0.25) is 4.98 Å². The third-order valence-electron chi connectivity index (χ3n) is 3.79.